The molecule has 6 heteroatoms. The summed E-state index contributed by atoms with van der Waals surface area (Å²) in [6.07, 6.45) is 0. The summed E-state index contributed by atoms with van der Waals surface area (Å²) < 4.78 is 36.5. The number of anilines is 1. The molecule has 3 rings (SSSR count). The lowest BCUT2D eigenvalue weighted by Gasteiger charge is -2.03. The molecule has 4 nitrogen and oxygen atoms in total. The highest BCUT2D eigenvalue weighted by Crippen LogP contribution is 2.20. The summed E-state index contributed by atoms with van der Waals surface area (Å²) >= 11 is 0. The zero-order valence-electron chi connectivity index (χ0n) is 10.3. The van der Waals surface area contributed by atoms with Gasteiger partial charge in [-0.1, -0.05) is 0 Å². The smallest absolute Gasteiger partial charge is 0.233 e. The van der Waals surface area contributed by atoms with Gasteiger partial charge in [-0.25, -0.2) is 13.8 Å². The summed E-state index contributed by atoms with van der Waals surface area (Å²) in [6.45, 7) is 0.0135. The Morgan fingerprint density at radius 1 is 1.10 bits per heavy atom. The van der Waals surface area contributed by atoms with Gasteiger partial charge in [0.2, 0.25) is 5.89 Å². The number of benzene rings is 2. The molecule has 3 aromatic rings. The van der Waals surface area contributed by atoms with Crippen LogP contribution in [0.25, 0.3) is 11.1 Å². The van der Waals surface area contributed by atoms with Crippen molar-refractivity contribution in [3.05, 3.63) is 53.9 Å². The van der Waals surface area contributed by atoms with Crippen LogP contribution < -0.4 is 10.5 Å². The van der Waals surface area contributed by atoms with Crippen LogP contribution in [0.4, 0.5) is 14.5 Å². The topological polar surface area (TPSA) is 61.3 Å². The maximum absolute atomic E-state index is 13.0. The highest BCUT2D eigenvalue weighted by atomic mass is 19.2. The molecule has 2 aromatic carbocycles. The van der Waals surface area contributed by atoms with Crippen molar-refractivity contribution < 1.29 is 17.9 Å². The normalized spacial score (nSPS) is 10.9. The number of nitrogen functional groups attached to an aromatic ring is 1. The average molecular weight is 276 g/mol. The molecule has 1 heterocycles. The summed E-state index contributed by atoms with van der Waals surface area (Å²) in [5, 5.41) is 0. The van der Waals surface area contributed by atoms with Crippen LogP contribution in [-0.4, -0.2) is 4.98 Å². The Morgan fingerprint density at radius 2 is 1.95 bits per heavy atom. The third-order valence-electron chi connectivity index (χ3n) is 2.71. The number of fused-ring (bicyclic) bond motifs is 1. The van der Waals surface area contributed by atoms with Crippen LogP contribution in [0.1, 0.15) is 5.89 Å². The van der Waals surface area contributed by atoms with E-state index in [2.05, 4.69) is 4.98 Å². The number of nitrogens with zero attached hydrogens (tertiary/aromatic N) is 1. The Kier molecular flexibility index (Phi) is 2.98. The number of hydrogen-bond donors (Lipinski definition) is 1. The van der Waals surface area contributed by atoms with E-state index in [1.165, 1.54) is 6.07 Å². The first-order chi connectivity index (χ1) is 9.61. The lowest BCUT2D eigenvalue weighted by Crippen LogP contribution is -1.96. The van der Waals surface area contributed by atoms with Gasteiger partial charge in [0.25, 0.3) is 0 Å². The second-order valence-corrected chi connectivity index (χ2v) is 4.20. The largest absolute Gasteiger partial charge is 0.484 e. The van der Waals surface area contributed by atoms with Gasteiger partial charge < -0.3 is 14.9 Å². The molecule has 0 saturated heterocycles. The number of ether oxygens (including phenoxy) is 1. The summed E-state index contributed by atoms with van der Waals surface area (Å²) in [6, 6.07) is 8.39. The van der Waals surface area contributed by atoms with E-state index in [9.17, 15) is 8.78 Å². The molecule has 0 aliphatic carbocycles. The van der Waals surface area contributed by atoms with Crippen molar-refractivity contribution in [2.24, 2.45) is 0 Å². The van der Waals surface area contributed by atoms with E-state index in [4.69, 9.17) is 14.9 Å². The van der Waals surface area contributed by atoms with E-state index >= 15 is 0 Å². The summed E-state index contributed by atoms with van der Waals surface area (Å²) in [7, 11) is 0. The third-order valence-corrected chi connectivity index (χ3v) is 2.71. The van der Waals surface area contributed by atoms with Gasteiger partial charge >= 0.3 is 0 Å². The minimum atomic E-state index is -0.965. The Bertz CT molecular complexity index is 771. The van der Waals surface area contributed by atoms with E-state index < -0.39 is 11.6 Å². The number of halogens is 2. The molecule has 0 unspecified atom stereocenters. The van der Waals surface area contributed by atoms with E-state index in [0.717, 1.165) is 12.1 Å². The molecule has 1 aromatic heterocycles. The first-order valence-corrected chi connectivity index (χ1v) is 5.84. The fraction of sp³-hybridized carbons (Fsp3) is 0.0714. The van der Waals surface area contributed by atoms with Crippen molar-refractivity contribution in [2.75, 3.05) is 5.73 Å². The number of hydrogen-bond acceptors (Lipinski definition) is 4. The van der Waals surface area contributed by atoms with E-state index in [-0.39, 0.29) is 12.4 Å². The Labute approximate surface area is 112 Å². The molecule has 0 amide bonds. The minimum Gasteiger partial charge on any atom is -0.484 e. The lowest BCUT2D eigenvalue weighted by molar-refractivity contribution is 0.265. The van der Waals surface area contributed by atoms with Gasteiger partial charge in [-0.2, -0.15) is 0 Å². The van der Waals surface area contributed by atoms with Gasteiger partial charge in [0, 0.05) is 11.8 Å². The van der Waals surface area contributed by atoms with Crippen molar-refractivity contribution in [2.45, 2.75) is 6.61 Å². The van der Waals surface area contributed by atoms with Crippen LogP contribution in [0, 0.1) is 11.6 Å². The molecule has 0 aliphatic rings. The molecule has 0 radical (unpaired) electrons. The predicted molar refractivity (Wildman–Crippen MR) is 69.1 cm³/mol. The average Bonchev–Trinajstić information content (AvgIpc) is 2.82. The summed E-state index contributed by atoms with van der Waals surface area (Å²) in [5.41, 5.74) is 7.43. The molecule has 0 fully saturated rings. The predicted octanol–water partition coefficient (Wildman–Crippen LogP) is 3.27. The van der Waals surface area contributed by atoms with Crippen molar-refractivity contribution in [3.8, 4) is 5.75 Å². The summed E-state index contributed by atoms with van der Waals surface area (Å²) in [5.74, 6) is -1.36. The molecule has 0 aliphatic heterocycles. The number of rotatable bonds is 3. The van der Waals surface area contributed by atoms with Gasteiger partial charge in [-0.15, -0.1) is 0 Å². The molecular weight excluding hydrogens is 266 g/mol. The van der Waals surface area contributed by atoms with E-state index in [0.29, 0.717) is 22.7 Å². The Balaban J connectivity index is 1.77. The fourth-order valence-electron chi connectivity index (χ4n) is 1.77. The highest BCUT2D eigenvalue weighted by molar-refractivity contribution is 5.76. The van der Waals surface area contributed by atoms with Crippen molar-refractivity contribution in [1.82, 2.24) is 4.98 Å². The second kappa shape index (κ2) is 4.80. The molecule has 0 saturated carbocycles. The molecule has 0 bridgehead atoms. The van der Waals surface area contributed by atoms with Crippen molar-refractivity contribution >= 4 is 16.8 Å². The lowest BCUT2D eigenvalue weighted by atomic mass is 10.3. The zero-order valence-corrected chi connectivity index (χ0v) is 10.3. The number of aromatic nitrogens is 1. The first kappa shape index (κ1) is 12.4. The SMILES string of the molecule is Nc1ccc2oc(COc3ccc(F)c(F)c3)nc2c1. The molecule has 0 atom stereocenters. The van der Waals surface area contributed by atoms with E-state index in [1.807, 2.05) is 0 Å². The number of oxazole rings is 1. The molecule has 20 heavy (non-hydrogen) atoms. The Morgan fingerprint density at radius 3 is 2.75 bits per heavy atom. The third kappa shape index (κ3) is 2.40. The highest BCUT2D eigenvalue weighted by Gasteiger charge is 2.08. The van der Waals surface area contributed by atoms with Crippen LogP contribution in [-0.2, 0) is 6.61 Å². The van der Waals surface area contributed by atoms with Gasteiger partial charge in [0.1, 0.15) is 11.3 Å². The van der Waals surface area contributed by atoms with Crippen LogP contribution >= 0.6 is 0 Å². The molecule has 2 N–H and O–H groups in total. The van der Waals surface area contributed by atoms with Crippen LogP contribution in [0.5, 0.6) is 5.75 Å². The monoisotopic (exact) mass is 276 g/mol. The first-order valence-electron chi connectivity index (χ1n) is 5.84. The standard InChI is InChI=1S/C14H10F2N2O2/c15-10-3-2-9(6-11(10)16)19-7-14-18-12-5-8(17)1-4-13(12)20-14/h1-6H,7,17H2. The molecule has 0 spiro atoms. The summed E-state index contributed by atoms with van der Waals surface area (Å²) in [4.78, 5) is 4.19. The maximum Gasteiger partial charge on any atom is 0.233 e. The van der Waals surface area contributed by atoms with Crippen molar-refractivity contribution in [1.29, 1.82) is 0 Å². The molecular formula is C14H10F2N2O2. The van der Waals surface area contributed by atoms with Crippen LogP contribution in [0.15, 0.2) is 40.8 Å². The van der Waals surface area contributed by atoms with Gasteiger partial charge in [-0.05, 0) is 30.3 Å². The zero-order chi connectivity index (χ0) is 14.1. The fourth-order valence-corrected chi connectivity index (χ4v) is 1.77. The van der Waals surface area contributed by atoms with Gasteiger partial charge in [-0.3, -0.25) is 0 Å². The van der Waals surface area contributed by atoms with Gasteiger partial charge in [0.05, 0.1) is 0 Å². The van der Waals surface area contributed by atoms with Crippen LogP contribution in [0.3, 0.4) is 0 Å². The Hall–Kier alpha value is -2.63. The van der Waals surface area contributed by atoms with Crippen LogP contribution in [0.2, 0.25) is 0 Å². The number of nitrogens with two attached hydrogens (primary N) is 1. The minimum absolute atomic E-state index is 0.0135. The van der Waals surface area contributed by atoms with Gasteiger partial charge in [0.15, 0.2) is 23.8 Å². The molecule has 102 valence electrons. The van der Waals surface area contributed by atoms with Crippen molar-refractivity contribution in [3.63, 3.8) is 0 Å². The van der Waals surface area contributed by atoms with E-state index in [1.54, 1.807) is 18.2 Å². The quantitative estimate of drug-likeness (QED) is 0.746. The maximum atomic E-state index is 13.0. The second-order valence-electron chi connectivity index (χ2n) is 4.20.